The van der Waals surface area contributed by atoms with Gasteiger partial charge in [-0.1, -0.05) is 23.7 Å². The molecule has 0 aliphatic carbocycles. The Morgan fingerprint density at radius 2 is 2.35 bits per heavy atom. The predicted molar refractivity (Wildman–Crippen MR) is 78.3 cm³/mol. The second kappa shape index (κ2) is 5.52. The van der Waals surface area contributed by atoms with Gasteiger partial charge in [-0.05, 0) is 23.6 Å². The SMILES string of the molecule is O=C(O)c1cccc2c1CN(Cc1ncc(Cl)s1)CC2. The van der Waals surface area contributed by atoms with Crippen molar-refractivity contribution in [3.8, 4) is 0 Å². The molecule has 4 nitrogen and oxygen atoms in total. The molecular formula is C14H13ClN2O2S. The lowest BCUT2D eigenvalue weighted by molar-refractivity contribution is 0.0693. The van der Waals surface area contributed by atoms with Crippen LogP contribution in [0.3, 0.4) is 0 Å². The molecule has 1 aromatic carbocycles. The van der Waals surface area contributed by atoms with Crippen molar-refractivity contribution >= 4 is 28.9 Å². The maximum absolute atomic E-state index is 11.3. The normalized spacial score (nSPS) is 15.1. The van der Waals surface area contributed by atoms with E-state index in [4.69, 9.17) is 11.6 Å². The first kappa shape index (κ1) is 13.5. The Labute approximate surface area is 125 Å². The van der Waals surface area contributed by atoms with E-state index >= 15 is 0 Å². The summed E-state index contributed by atoms with van der Waals surface area (Å²) in [6.07, 6.45) is 2.53. The second-order valence-corrected chi connectivity index (χ2v) is 6.51. The lowest BCUT2D eigenvalue weighted by Gasteiger charge is -2.28. The fourth-order valence-corrected chi connectivity index (χ4v) is 3.52. The molecule has 0 saturated heterocycles. The van der Waals surface area contributed by atoms with Gasteiger partial charge in [-0.3, -0.25) is 4.90 Å². The number of aromatic nitrogens is 1. The Balaban J connectivity index is 1.82. The number of rotatable bonds is 3. The molecule has 0 atom stereocenters. The molecular weight excluding hydrogens is 296 g/mol. The van der Waals surface area contributed by atoms with Crippen LogP contribution in [0.1, 0.15) is 26.5 Å². The minimum Gasteiger partial charge on any atom is -0.478 e. The van der Waals surface area contributed by atoms with Gasteiger partial charge in [0.1, 0.15) is 9.34 Å². The Morgan fingerprint density at radius 3 is 3.05 bits per heavy atom. The van der Waals surface area contributed by atoms with Gasteiger partial charge >= 0.3 is 5.97 Å². The third-order valence-electron chi connectivity index (χ3n) is 3.47. The number of hydrogen-bond acceptors (Lipinski definition) is 4. The zero-order chi connectivity index (χ0) is 14.1. The summed E-state index contributed by atoms with van der Waals surface area (Å²) in [5.74, 6) is -0.860. The Kier molecular flexibility index (Phi) is 3.74. The molecule has 1 aromatic heterocycles. The molecule has 6 heteroatoms. The molecule has 1 aliphatic rings. The molecule has 0 amide bonds. The van der Waals surface area contributed by atoms with E-state index in [-0.39, 0.29) is 0 Å². The number of thiazole rings is 1. The van der Waals surface area contributed by atoms with E-state index in [2.05, 4.69) is 9.88 Å². The first-order chi connectivity index (χ1) is 9.63. The number of carboxylic acid groups (broad SMARTS) is 1. The summed E-state index contributed by atoms with van der Waals surface area (Å²) in [5.41, 5.74) is 2.47. The molecule has 2 aromatic rings. The third-order valence-corrected chi connectivity index (χ3v) is 4.57. The van der Waals surface area contributed by atoms with Crippen LogP contribution >= 0.6 is 22.9 Å². The van der Waals surface area contributed by atoms with Crippen molar-refractivity contribution in [2.24, 2.45) is 0 Å². The van der Waals surface area contributed by atoms with E-state index in [1.54, 1.807) is 12.3 Å². The quantitative estimate of drug-likeness (QED) is 0.947. The smallest absolute Gasteiger partial charge is 0.336 e. The Hall–Kier alpha value is -1.43. The van der Waals surface area contributed by atoms with Crippen LogP contribution in [0.15, 0.2) is 24.4 Å². The van der Waals surface area contributed by atoms with Gasteiger partial charge in [0.05, 0.1) is 18.3 Å². The number of carbonyl (C=O) groups is 1. The van der Waals surface area contributed by atoms with Crippen LogP contribution in [0.4, 0.5) is 0 Å². The van der Waals surface area contributed by atoms with E-state index in [1.165, 1.54) is 11.3 Å². The maximum Gasteiger partial charge on any atom is 0.336 e. The Bertz CT molecular complexity index is 656. The van der Waals surface area contributed by atoms with Crippen molar-refractivity contribution in [2.45, 2.75) is 19.5 Å². The molecule has 3 rings (SSSR count). The molecule has 20 heavy (non-hydrogen) atoms. The topological polar surface area (TPSA) is 53.4 Å². The summed E-state index contributed by atoms with van der Waals surface area (Å²) in [7, 11) is 0. The van der Waals surface area contributed by atoms with Gasteiger partial charge < -0.3 is 5.11 Å². The number of nitrogens with zero attached hydrogens (tertiary/aromatic N) is 2. The van der Waals surface area contributed by atoms with Crippen LogP contribution in [0.5, 0.6) is 0 Å². The average molecular weight is 309 g/mol. The van der Waals surface area contributed by atoms with Gasteiger partial charge in [-0.15, -0.1) is 11.3 Å². The third kappa shape index (κ3) is 2.70. The zero-order valence-corrected chi connectivity index (χ0v) is 12.2. The summed E-state index contributed by atoms with van der Waals surface area (Å²) in [6, 6.07) is 5.50. The molecule has 2 heterocycles. The van der Waals surface area contributed by atoms with Crippen LogP contribution < -0.4 is 0 Å². The largest absolute Gasteiger partial charge is 0.478 e. The van der Waals surface area contributed by atoms with E-state index in [0.29, 0.717) is 23.0 Å². The summed E-state index contributed by atoms with van der Waals surface area (Å²) in [4.78, 5) is 17.8. The molecule has 0 fully saturated rings. The van der Waals surface area contributed by atoms with E-state index in [1.807, 2.05) is 12.1 Å². The van der Waals surface area contributed by atoms with Crippen LogP contribution in [-0.2, 0) is 19.5 Å². The number of carboxylic acids is 1. The highest BCUT2D eigenvalue weighted by Crippen LogP contribution is 2.26. The summed E-state index contributed by atoms with van der Waals surface area (Å²) in [6.45, 7) is 2.27. The Morgan fingerprint density at radius 1 is 1.50 bits per heavy atom. The molecule has 104 valence electrons. The van der Waals surface area contributed by atoms with Crippen molar-refractivity contribution in [2.75, 3.05) is 6.54 Å². The molecule has 0 bridgehead atoms. The molecule has 0 unspecified atom stereocenters. The highest BCUT2D eigenvalue weighted by atomic mass is 35.5. The van der Waals surface area contributed by atoms with E-state index in [0.717, 1.165) is 29.1 Å². The van der Waals surface area contributed by atoms with Crippen LogP contribution in [0, 0.1) is 0 Å². The monoisotopic (exact) mass is 308 g/mol. The first-order valence-electron chi connectivity index (χ1n) is 6.30. The van der Waals surface area contributed by atoms with Crippen LogP contribution in [-0.4, -0.2) is 27.5 Å². The number of hydrogen-bond donors (Lipinski definition) is 1. The van der Waals surface area contributed by atoms with Gasteiger partial charge in [-0.2, -0.15) is 0 Å². The highest BCUT2D eigenvalue weighted by Gasteiger charge is 2.22. The molecule has 0 saturated carbocycles. The van der Waals surface area contributed by atoms with Gasteiger partial charge in [0, 0.05) is 13.1 Å². The highest BCUT2D eigenvalue weighted by molar-refractivity contribution is 7.15. The molecule has 0 spiro atoms. The van der Waals surface area contributed by atoms with Gasteiger partial charge in [0.2, 0.25) is 0 Å². The molecule has 1 N–H and O–H groups in total. The predicted octanol–water partition coefficient (Wildman–Crippen LogP) is 3.05. The number of aromatic carboxylic acids is 1. The number of benzene rings is 1. The second-order valence-electron chi connectivity index (χ2n) is 4.77. The van der Waals surface area contributed by atoms with Crippen molar-refractivity contribution in [3.63, 3.8) is 0 Å². The fourth-order valence-electron chi connectivity index (χ4n) is 2.52. The lowest BCUT2D eigenvalue weighted by atomic mass is 9.95. The standard InChI is InChI=1S/C14H13ClN2O2S/c15-12-6-16-13(20-12)8-17-5-4-9-2-1-3-10(14(18)19)11(9)7-17/h1-3,6H,4-5,7-8H2,(H,18,19). The number of halogens is 1. The van der Waals surface area contributed by atoms with Gasteiger partial charge in [0.25, 0.3) is 0 Å². The van der Waals surface area contributed by atoms with Crippen molar-refractivity contribution in [1.82, 2.24) is 9.88 Å². The lowest BCUT2D eigenvalue weighted by Crippen LogP contribution is -2.31. The zero-order valence-electron chi connectivity index (χ0n) is 10.7. The van der Waals surface area contributed by atoms with Crippen molar-refractivity contribution in [1.29, 1.82) is 0 Å². The van der Waals surface area contributed by atoms with Crippen molar-refractivity contribution in [3.05, 3.63) is 50.4 Å². The average Bonchev–Trinajstić information content (AvgIpc) is 2.83. The van der Waals surface area contributed by atoms with Gasteiger partial charge in [-0.25, -0.2) is 9.78 Å². The minimum absolute atomic E-state index is 0.407. The van der Waals surface area contributed by atoms with Crippen LogP contribution in [0.2, 0.25) is 4.34 Å². The van der Waals surface area contributed by atoms with Crippen molar-refractivity contribution < 1.29 is 9.90 Å². The number of fused-ring (bicyclic) bond motifs is 1. The van der Waals surface area contributed by atoms with E-state index < -0.39 is 5.97 Å². The summed E-state index contributed by atoms with van der Waals surface area (Å²) in [5, 5.41) is 10.2. The van der Waals surface area contributed by atoms with E-state index in [9.17, 15) is 9.90 Å². The molecule has 0 radical (unpaired) electrons. The van der Waals surface area contributed by atoms with Gasteiger partial charge in [0.15, 0.2) is 0 Å². The van der Waals surface area contributed by atoms with Crippen LogP contribution in [0.25, 0.3) is 0 Å². The maximum atomic E-state index is 11.3. The molecule has 1 aliphatic heterocycles. The first-order valence-corrected chi connectivity index (χ1v) is 7.49. The summed E-state index contributed by atoms with van der Waals surface area (Å²) >= 11 is 7.36. The summed E-state index contributed by atoms with van der Waals surface area (Å²) < 4.78 is 0.684. The fraction of sp³-hybridized carbons (Fsp3) is 0.286. The minimum atomic E-state index is -0.860.